The van der Waals surface area contributed by atoms with Crippen molar-refractivity contribution < 1.29 is 9.18 Å². The maximum atomic E-state index is 13.3. The van der Waals surface area contributed by atoms with Crippen LogP contribution in [0.25, 0.3) is 0 Å². The largest absolute Gasteiger partial charge is 0.330 e. The minimum absolute atomic E-state index is 0.0447. The van der Waals surface area contributed by atoms with Crippen LogP contribution in [0.4, 0.5) is 4.39 Å². The molecule has 2 aliphatic rings. The number of hydrogen-bond donors (Lipinski definition) is 1. The SMILES string of the molecule is O=C(c1cn(Cc2cccc(F)c2)nn1)N1C2CCNCC1CC2. The van der Waals surface area contributed by atoms with Crippen molar-refractivity contribution in [3.05, 3.63) is 47.5 Å². The molecule has 0 saturated carbocycles. The van der Waals surface area contributed by atoms with Gasteiger partial charge in [0.1, 0.15) is 5.82 Å². The second-order valence-corrected chi connectivity index (χ2v) is 6.52. The first-order valence-corrected chi connectivity index (χ1v) is 8.38. The third-order valence-electron chi connectivity index (χ3n) is 4.88. The quantitative estimate of drug-likeness (QED) is 0.925. The maximum Gasteiger partial charge on any atom is 0.276 e. The summed E-state index contributed by atoms with van der Waals surface area (Å²) in [6.07, 6.45) is 4.75. The van der Waals surface area contributed by atoms with Crippen LogP contribution in [0.2, 0.25) is 0 Å². The predicted molar refractivity (Wildman–Crippen MR) is 86.0 cm³/mol. The zero-order valence-electron chi connectivity index (χ0n) is 13.4. The first-order valence-electron chi connectivity index (χ1n) is 8.38. The number of carbonyl (C=O) groups excluding carboxylic acids is 1. The first-order chi connectivity index (χ1) is 11.7. The van der Waals surface area contributed by atoms with E-state index in [-0.39, 0.29) is 17.8 Å². The van der Waals surface area contributed by atoms with Gasteiger partial charge in [-0.25, -0.2) is 9.07 Å². The lowest BCUT2D eigenvalue weighted by atomic mass is 10.1. The second-order valence-electron chi connectivity index (χ2n) is 6.52. The van der Waals surface area contributed by atoms with E-state index < -0.39 is 0 Å². The molecule has 7 heteroatoms. The number of carbonyl (C=O) groups is 1. The smallest absolute Gasteiger partial charge is 0.276 e. The molecule has 0 radical (unpaired) electrons. The zero-order chi connectivity index (χ0) is 16.5. The van der Waals surface area contributed by atoms with E-state index >= 15 is 0 Å². The van der Waals surface area contributed by atoms with E-state index in [9.17, 15) is 9.18 Å². The molecule has 6 nitrogen and oxygen atoms in total. The normalized spacial score (nSPS) is 23.3. The highest BCUT2D eigenvalue weighted by Crippen LogP contribution is 2.29. The Morgan fingerprint density at radius 1 is 1.29 bits per heavy atom. The van der Waals surface area contributed by atoms with Crippen molar-refractivity contribution in [2.75, 3.05) is 13.1 Å². The van der Waals surface area contributed by atoms with Crippen LogP contribution in [0, 0.1) is 5.82 Å². The van der Waals surface area contributed by atoms with Crippen molar-refractivity contribution in [2.24, 2.45) is 0 Å². The predicted octanol–water partition coefficient (Wildman–Crippen LogP) is 1.43. The molecule has 0 spiro atoms. The molecule has 2 unspecified atom stereocenters. The van der Waals surface area contributed by atoms with Gasteiger partial charge in [-0.15, -0.1) is 5.10 Å². The van der Waals surface area contributed by atoms with Gasteiger partial charge < -0.3 is 10.2 Å². The van der Waals surface area contributed by atoms with Gasteiger partial charge in [0.15, 0.2) is 5.69 Å². The van der Waals surface area contributed by atoms with Gasteiger partial charge in [-0.2, -0.15) is 0 Å². The summed E-state index contributed by atoms with van der Waals surface area (Å²) >= 11 is 0. The lowest BCUT2D eigenvalue weighted by Gasteiger charge is -2.26. The number of benzene rings is 1. The van der Waals surface area contributed by atoms with E-state index in [0.29, 0.717) is 18.3 Å². The molecular formula is C17H20FN5O. The summed E-state index contributed by atoms with van der Waals surface area (Å²) in [5, 5.41) is 11.5. The van der Waals surface area contributed by atoms with E-state index in [1.54, 1.807) is 16.9 Å². The highest BCUT2D eigenvalue weighted by atomic mass is 19.1. The molecule has 2 aromatic rings. The lowest BCUT2D eigenvalue weighted by Crippen LogP contribution is -2.42. The van der Waals surface area contributed by atoms with E-state index in [1.165, 1.54) is 12.1 Å². The second kappa shape index (κ2) is 6.32. The monoisotopic (exact) mass is 329 g/mol. The Morgan fingerprint density at radius 2 is 2.17 bits per heavy atom. The molecule has 1 amide bonds. The number of amides is 1. The molecule has 0 aliphatic carbocycles. The van der Waals surface area contributed by atoms with Crippen LogP contribution >= 0.6 is 0 Å². The topological polar surface area (TPSA) is 63.1 Å². The summed E-state index contributed by atoms with van der Waals surface area (Å²) in [4.78, 5) is 14.8. The van der Waals surface area contributed by atoms with Crippen LogP contribution < -0.4 is 5.32 Å². The summed E-state index contributed by atoms with van der Waals surface area (Å²) in [7, 11) is 0. The average Bonchev–Trinajstić information content (AvgIpc) is 3.10. The summed E-state index contributed by atoms with van der Waals surface area (Å²) in [6.45, 7) is 2.20. The van der Waals surface area contributed by atoms with Gasteiger partial charge in [-0.3, -0.25) is 4.79 Å². The van der Waals surface area contributed by atoms with Crippen LogP contribution in [-0.2, 0) is 6.54 Å². The molecule has 1 N–H and O–H groups in total. The summed E-state index contributed by atoms with van der Waals surface area (Å²) < 4.78 is 14.8. The van der Waals surface area contributed by atoms with Gasteiger partial charge in [-0.1, -0.05) is 17.3 Å². The number of nitrogens with one attached hydrogen (secondary N) is 1. The third-order valence-corrected chi connectivity index (χ3v) is 4.88. The van der Waals surface area contributed by atoms with E-state index in [2.05, 4.69) is 15.6 Å². The van der Waals surface area contributed by atoms with Crippen molar-refractivity contribution >= 4 is 5.91 Å². The maximum absolute atomic E-state index is 13.3. The Morgan fingerprint density at radius 3 is 3.04 bits per heavy atom. The minimum Gasteiger partial charge on any atom is -0.330 e. The molecule has 126 valence electrons. The fraction of sp³-hybridized carbons (Fsp3) is 0.471. The highest BCUT2D eigenvalue weighted by Gasteiger charge is 2.39. The molecule has 24 heavy (non-hydrogen) atoms. The Labute approximate surface area is 139 Å². The molecule has 3 heterocycles. The van der Waals surface area contributed by atoms with Gasteiger partial charge in [0, 0.05) is 18.6 Å². The van der Waals surface area contributed by atoms with E-state index in [1.807, 2.05) is 11.0 Å². The van der Waals surface area contributed by atoms with Crippen molar-refractivity contribution in [1.29, 1.82) is 0 Å². The third kappa shape index (κ3) is 2.91. The first kappa shape index (κ1) is 15.3. The Hall–Kier alpha value is -2.28. The van der Waals surface area contributed by atoms with E-state index in [4.69, 9.17) is 0 Å². The number of fused-ring (bicyclic) bond motifs is 2. The van der Waals surface area contributed by atoms with E-state index in [0.717, 1.165) is 37.9 Å². The average molecular weight is 329 g/mol. The van der Waals surface area contributed by atoms with Crippen LogP contribution in [0.3, 0.4) is 0 Å². The fourth-order valence-electron chi connectivity index (χ4n) is 3.74. The van der Waals surface area contributed by atoms with Crippen LogP contribution in [0.1, 0.15) is 35.3 Å². The van der Waals surface area contributed by atoms with Crippen LogP contribution in [0.15, 0.2) is 30.5 Å². The molecule has 4 rings (SSSR count). The van der Waals surface area contributed by atoms with Gasteiger partial charge in [0.2, 0.25) is 0 Å². The molecular weight excluding hydrogens is 309 g/mol. The lowest BCUT2D eigenvalue weighted by molar-refractivity contribution is 0.0674. The van der Waals surface area contributed by atoms with Crippen LogP contribution in [0.5, 0.6) is 0 Å². The minimum atomic E-state index is -0.280. The number of nitrogens with zero attached hydrogens (tertiary/aromatic N) is 4. The van der Waals surface area contributed by atoms with Crippen molar-refractivity contribution in [1.82, 2.24) is 25.2 Å². The molecule has 2 bridgehead atoms. The summed E-state index contributed by atoms with van der Waals surface area (Å²) in [6, 6.07) is 6.90. The Balaban J connectivity index is 1.51. The number of hydrogen-bond acceptors (Lipinski definition) is 4. The standard InChI is InChI=1S/C17H20FN5O/c18-13-3-1-2-12(8-13)10-22-11-16(20-21-22)17(24)23-14-4-5-15(23)9-19-7-6-14/h1-3,8,11,14-15,19H,4-7,9-10H2. The molecule has 1 aromatic carbocycles. The Kier molecular flexibility index (Phi) is 4.02. The Bertz CT molecular complexity index is 732. The van der Waals surface area contributed by atoms with Crippen molar-refractivity contribution in [3.8, 4) is 0 Å². The van der Waals surface area contributed by atoms with Crippen molar-refractivity contribution in [2.45, 2.75) is 37.9 Å². The number of halogens is 1. The molecule has 1 aromatic heterocycles. The van der Waals surface area contributed by atoms with Gasteiger partial charge in [0.05, 0.1) is 12.7 Å². The molecule has 2 atom stereocenters. The van der Waals surface area contributed by atoms with Gasteiger partial charge in [-0.05, 0) is 43.5 Å². The van der Waals surface area contributed by atoms with Crippen molar-refractivity contribution in [3.63, 3.8) is 0 Å². The molecule has 2 saturated heterocycles. The molecule has 2 fully saturated rings. The van der Waals surface area contributed by atoms with Crippen LogP contribution in [-0.4, -0.2) is 51.0 Å². The van der Waals surface area contributed by atoms with Gasteiger partial charge in [0.25, 0.3) is 5.91 Å². The zero-order valence-corrected chi connectivity index (χ0v) is 13.4. The number of rotatable bonds is 3. The van der Waals surface area contributed by atoms with Gasteiger partial charge >= 0.3 is 0 Å². The fourth-order valence-corrected chi connectivity index (χ4v) is 3.74. The highest BCUT2D eigenvalue weighted by molar-refractivity contribution is 5.92. The summed E-state index contributed by atoms with van der Waals surface area (Å²) in [5.74, 6) is -0.325. The summed E-state index contributed by atoms with van der Waals surface area (Å²) in [5.41, 5.74) is 1.16. The number of aromatic nitrogens is 3. The molecule has 2 aliphatic heterocycles.